The van der Waals surface area contributed by atoms with Gasteiger partial charge in [0.1, 0.15) is 42.2 Å². The normalized spacial score (nSPS) is 22.2. The summed E-state index contributed by atoms with van der Waals surface area (Å²) >= 11 is 0. The first-order valence-electron chi connectivity index (χ1n) is 12.8. The van der Waals surface area contributed by atoms with Gasteiger partial charge in [-0.3, -0.25) is 4.90 Å². The third kappa shape index (κ3) is 8.26. The Kier molecular flexibility index (Phi) is 10.1. The Labute approximate surface area is 226 Å². The third-order valence-electron chi connectivity index (χ3n) is 6.29. The van der Waals surface area contributed by atoms with Crippen molar-refractivity contribution in [2.75, 3.05) is 13.8 Å². The SMILES string of the molecule is COCN(C(=O)OC(C)(C)C)[C@H]1CCC[C@H](Cc2ccc(F)cc2F)[C@@H](OC(=O)c2ccco2)[C@H](C)OC1=O. The number of cyclic esters (lactones) is 1. The van der Waals surface area contributed by atoms with Crippen LogP contribution >= 0.6 is 0 Å². The number of ether oxygens (including phenoxy) is 4. The number of methoxy groups -OCH3 is 1. The van der Waals surface area contributed by atoms with Gasteiger partial charge in [0.05, 0.1) is 6.26 Å². The van der Waals surface area contributed by atoms with E-state index in [4.69, 9.17) is 23.4 Å². The van der Waals surface area contributed by atoms with E-state index < -0.39 is 59.4 Å². The first kappa shape index (κ1) is 30.1. The van der Waals surface area contributed by atoms with Gasteiger partial charge in [-0.25, -0.2) is 23.2 Å². The summed E-state index contributed by atoms with van der Waals surface area (Å²) in [6.45, 7) is 6.45. The molecular weight excluding hydrogens is 516 g/mol. The molecule has 1 amide bonds. The molecule has 1 fully saturated rings. The molecule has 3 rings (SSSR count). The fourth-order valence-electron chi connectivity index (χ4n) is 4.54. The van der Waals surface area contributed by atoms with Crippen LogP contribution in [0.15, 0.2) is 41.0 Å². The Morgan fingerprint density at radius 3 is 2.51 bits per heavy atom. The van der Waals surface area contributed by atoms with Gasteiger partial charge in [-0.15, -0.1) is 0 Å². The average Bonchev–Trinajstić information content (AvgIpc) is 3.39. The zero-order chi connectivity index (χ0) is 28.7. The summed E-state index contributed by atoms with van der Waals surface area (Å²) in [6.07, 6.45) is -0.361. The Hall–Kier alpha value is -3.47. The molecule has 2 aromatic rings. The van der Waals surface area contributed by atoms with Crippen LogP contribution in [0.4, 0.5) is 13.6 Å². The highest BCUT2D eigenvalue weighted by molar-refractivity contribution is 5.86. The Morgan fingerprint density at radius 1 is 1.15 bits per heavy atom. The van der Waals surface area contributed by atoms with Gasteiger partial charge in [-0.05, 0) is 70.7 Å². The van der Waals surface area contributed by atoms with Crippen molar-refractivity contribution >= 4 is 18.0 Å². The molecule has 0 unspecified atom stereocenters. The molecule has 9 nitrogen and oxygen atoms in total. The first-order chi connectivity index (χ1) is 18.4. The number of hydrogen-bond acceptors (Lipinski definition) is 8. The molecule has 39 heavy (non-hydrogen) atoms. The highest BCUT2D eigenvalue weighted by Gasteiger charge is 2.40. The number of halogens is 2. The lowest BCUT2D eigenvalue weighted by atomic mass is 9.86. The fourth-order valence-corrected chi connectivity index (χ4v) is 4.54. The van der Waals surface area contributed by atoms with Gasteiger partial charge in [0.15, 0.2) is 0 Å². The van der Waals surface area contributed by atoms with Crippen LogP contribution in [0, 0.1) is 17.6 Å². The van der Waals surface area contributed by atoms with Crippen molar-refractivity contribution in [1.82, 2.24) is 4.90 Å². The van der Waals surface area contributed by atoms with Crippen molar-refractivity contribution in [3.63, 3.8) is 0 Å². The van der Waals surface area contributed by atoms with E-state index in [9.17, 15) is 23.2 Å². The van der Waals surface area contributed by atoms with E-state index in [2.05, 4.69) is 0 Å². The zero-order valence-electron chi connectivity index (χ0n) is 22.8. The van der Waals surface area contributed by atoms with Gasteiger partial charge in [-0.2, -0.15) is 0 Å². The molecule has 214 valence electrons. The van der Waals surface area contributed by atoms with E-state index in [1.807, 2.05) is 0 Å². The minimum atomic E-state index is -1.04. The molecule has 0 bridgehead atoms. The number of esters is 2. The molecule has 1 saturated heterocycles. The topological polar surface area (TPSA) is 105 Å². The van der Waals surface area contributed by atoms with E-state index in [1.165, 1.54) is 31.6 Å². The van der Waals surface area contributed by atoms with E-state index in [-0.39, 0.29) is 30.9 Å². The molecule has 4 atom stereocenters. The predicted molar refractivity (Wildman–Crippen MR) is 135 cm³/mol. The second-order valence-electron chi connectivity index (χ2n) is 10.5. The van der Waals surface area contributed by atoms with Crippen LogP contribution in [0.1, 0.15) is 63.1 Å². The van der Waals surface area contributed by atoms with Crippen molar-refractivity contribution < 1.29 is 46.5 Å². The van der Waals surface area contributed by atoms with Crippen molar-refractivity contribution in [2.45, 2.75) is 77.2 Å². The van der Waals surface area contributed by atoms with Crippen LogP contribution in [0.25, 0.3) is 0 Å². The second-order valence-corrected chi connectivity index (χ2v) is 10.5. The molecule has 0 N–H and O–H groups in total. The molecular formula is C28H35F2NO8. The maximum absolute atomic E-state index is 14.6. The summed E-state index contributed by atoms with van der Waals surface area (Å²) in [7, 11) is 1.39. The highest BCUT2D eigenvalue weighted by Crippen LogP contribution is 2.30. The van der Waals surface area contributed by atoms with Crippen molar-refractivity contribution in [3.05, 3.63) is 59.6 Å². The highest BCUT2D eigenvalue weighted by atomic mass is 19.1. The Morgan fingerprint density at radius 2 is 1.90 bits per heavy atom. The van der Waals surface area contributed by atoms with Gasteiger partial charge in [-0.1, -0.05) is 12.5 Å². The summed E-state index contributed by atoms with van der Waals surface area (Å²) in [5.41, 5.74) is -0.585. The number of rotatable bonds is 7. The summed E-state index contributed by atoms with van der Waals surface area (Å²) < 4.78 is 55.4. The van der Waals surface area contributed by atoms with E-state index in [0.717, 1.165) is 17.0 Å². The molecule has 1 aromatic carbocycles. The van der Waals surface area contributed by atoms with Crippen molar-refractivity contribution in [3.8, 4) is 0 Å². The van der Waals surface area contributed by atoms with Crippen LogP contribution in [0.3, 0.4) is 0 Å². The minimum absolute atomic E-state index is 0.0471. The molecule has 1 aliphatic rings. The first-order valence-corrected chi connectivity index (χ1v) is 12.8. The maximum atomic E-state index is 14.6. The standard InChI is InChI=1S/C28H35F2NO8/c1-17-24(38-26(33)23-10-7-13-36-23)19(14-18-11-12-20(29)15-21(18)30)8-6-9-22(25(32)37-17)31(16-35-5)27(34)39-28(2,3)4/h7,10-13,15,17,19,22,24H,6,8-9,14,16H2,1-5H3/t17-,19+,22-,24-/m0/s1. The number of amides is 1. The van der Waals surface area contributed by atoms with E-state index in [0.29, 0.717) is 12.8 Å². The molecule has 1 aliphatic heterocycles. The maximum Gasteiger partial charge on any atom is 0.412 e. The molecule has 1 aromatic heterocycles. The Balaban J connectivity index is 1.91. The quantitative estimate of drug-likeness (QED) is 0.261. The minimum Gasteiger partial charge on any atom is -0.457 e. The van der Waals surface area contributed by atoms with Gasteiger partial charge in [0, 0.05) is 19.1 Å². The lowest BCUT2D eigenvalue weighted by molar-refractivity contribution is -0.163. The fraction of sp³-hybridized carbons (Fsp3) is 0.536. The molecule has 11 heteroatoms. The Bertz CT molecular complexity index is 1130. The van der Waals surface area contributed by atoms with E-state index >= 15 is 0 Å². The van der Waals surface area contributed by atoms with E-state index in [1.54, 1.807) is 27.7 Å². The van der Waals surface area contributed by atoms with Crippen LogP contribution in [-0.4, -0.2) is 60.6 Å². The average molecular weight is 552 g/mol. The smallest absolute Gasteiger partial charge is 0.412 e. The summed E-state index contributed by atoms with van der Waals surface area (Å²) in [5, 5.41) is 0. The molecule has 0 saturated carbocycles. The van der Waals surface area contributed by atoms with Crippen LogP contribution in [0.5, 0.6) is 0 Å². The van der Waals surface area contributed by atoms with Gasteiger partial charge in [0.25, 0.3) is 0 Å². The van der Waals surface area contributed by atoms with Crippen molar-refractivity contribution in [2.24, 2.45) is 5.92 Å². The zero-order valence-corrected chi connectivity index (χ0v) is 22.8. The van der Waals surface area contributed by atoms with Gasteiger partial charge in [0.2, 0.25) is 5.76 Å². The largest absolute Gasteiger partial charge is 0.457 e. The summed E-state index contributed by atoms with van der Waals surface area (Å²) in [4.78, 5) is 40.2. The number of carbonyl (C=O) groups excluding carboxylic acids is 3. The molecule has 0 radical (unpaired) electrons. The van der Waals surface area contributed by atoms with Crippen LogP contribution in [-0.2, 0) is 30.2 Å². The summed E-state index contributed by atoms with van der Waals surface area (Å²) in [5.74, 6) is -3.50. The monoisotopic (exact) mass is 551 g/mol. The second kappa shape index (κ2) is 13.1. The predicted octanol–water partition coefficient (Wildman–Crippen LogP) is 5.27. The summed E-state index contributed by atoms with van der Waals surface area (Å²) in [6, 6.07) is 5.20. The lowest BCUT2D eigenvalue weighted by Crippen LogP contribution is -2.49. The number of furan rings is 1. The number of benzene rings is 1. The van der Waals surface area contributed by atoms with Gasteiger partial charge >= 0.3 is 18.0 Å². The third-order valence-corrected chi connectivity index (χ3v) is 6.29. The molecule has 0 aliphatic carbocycles. The number of nitrogens with zero attached hydrogens (tertiary/aromatic N) is 1. The number of carbonyl (C=O) groups is 3. The lowest BCUT2D eigenvalue weighted by Gasteiger charge is -2.32. The molecule has 2 heterocycles. The number of hydrogen-bond donors (Lipinski definition) is 0. The van der Waals surface area contributed by atoms with Crippen LogP contribution < -0.4 is 0 Å². The van der Waals surface area contributed by atoms with Crippen molar-refractivity contribution in [1.29, 1.82) is 0 Å². The van der Waals surface area contributed by atoms with Crippen LogP contribution in [0.2, 0.25) is 0 Å². The molecule has 0 spiro atoms. The van der Waals surface area contributed by atoms with Gasteiger partial charge < -0.3 is 23.4 Å².